The molecule has 1 aliphatic heterocycles. The van der Waals surface area contributed by atoms with E-state index in [2.05, 4.69) is 15.5 Å². The number of aromatic nitrogens is 1. The lowest BCUT2D eigenvalue weighted by atomic mass is 10.0. The number of H-pyrrole nitrogens is 1. The highest BCUT2D eigenvalue weighted by Crippen LogP contribution is 2.24. The fourth-order valence-electron chi connectivity index (χ4n) is 2.70. The first-order valence-corrected chi connectivity index (χ1v) is 7.65. The van der Waals surface area contributed by atoms with E-state index in [9.17, 15) is 14.4 Å². The summed E-state index contributed by atoms with van der Waals surface area (Å²) < 4.78 is 5.23. The van der Waals surface area contributed by atoms with Gasteiger partial charge in [0, 0.05) is 35.0 Å². The van der Waals surface area contributed by atoms with Gasteiger partial charge in [-0.2, -0.15) is 5.10 Å². The highest BCUT2D eigenvalue weighted by Gasteiger charge is 2.27. The van der Waals surface area contributed by atoms with Crippen molar-refractivity contribution in [3.63, 3.8) is 0 Å². The van der Waals surface area contributed by atoms with Crippen LogP contribution in [0.3, 0.4) is 0 Å². The Balaban J connectivity index is 1.78. The van der Waals surface area contributed by atoms with Gasteiger partial charge in [-0.1, -0.05) is 18.2 Å². The van der Waals surface area contributed by atoms with Crippen LogP contribution in [0.4, 0.5) is 0 Å². The third-order valence-electron chi connectivity index (χ3n) is 3.93. The van der Waals surface area contributed by atoms with Crippen LogP contribution in [0.25, 0.3) is 10.9 Å². The maximum atomic E-state index is 12.7. The van der Waals surface area contributed by atoms with E-state index in [1.165, 1.54) is 6.92 Å². The predicted octanol–water partition coefficient (Wildman–Crippen LogP) is 1.86. The Hall–Kier alpha value is -2.96. The summed E-state index contributed by atoms with van der Waals surface area (Å²) in [6, 6.07) is 7.46. The van der Waals surface area contributed by atoms with Crippen molar-refractivity contribution in [2.45, 2.75) is 32.8 Å². The third-order valence-corrected chi connectivity index (χ3v) is 3.93. The van der Waals surface area contributed by atoms with Crippen molar-refractivity contribution in [3.05, 3.63) is 35.5 Å². The van der Waals surface area contributed by atoms with E-state index in [1.54, 1.807) is 0 Å². The summed E-state index contributed by atoms with van der Waals surface area (Å²) in [5.74, 6) is -1.21. The summed E-state index contributed by atoms with van der Waals surface area (Å²) in [5.41, 5.74) is 4.45. The number of fused-ring (bicyclic) bond motifs is 1. The van der Waals surface area contributed by atoms with E-state index in [4.69, 9.17) is 4.74 Å². The first-order chi connectivity index (χ1) is 11.5. The minimum absolute atomic E-state index is 0.116. The molecule has 1 atom stereocenters. The molecule has 0 bridgehead atoms. The van der Waals surface area contributed by atoms with Gasteiger partial charge in [0.25, 0.3) is 0 Å². The third kappa shape index (κ3) is 2.92. The van der Waals surface area contributed by atoms with Gasteiger partial charge in [-0.15, -0.1) is 0 Å². The second kappa shape index (κ2) is 6.27. The predicted molar refractivity (Wildman–Crippen MR) is 87.7 cm³/mol. The van der Waals surface area contributed by atoms with Gasteiger partial charge in [0.15, 0.2) is 6.10 Å². The first kappa shape index (κ1) is 15.9. The van der Waals surface area contributed by atoms with E-state index in [0.29, 0.717) is 5.56 Å². The molecule has 1 aromatic heterocycles. The van der Waals surface area contributed by atoms with E-state index in [-0.39, 0.29) is 30.2 Å². The van der Waals surface area contributed by atoms with Crippen LogP contribution in [0, 0.1) is 6.92 Å². The number of nitrogens with one attached hydrogen (secondary N) is 2. The van der Waals surface area contributed by atoms with Crippen LogP contribution in [-0.4, -0.2) is 34.5 Å². The zero-order valence-electron chi connectivity index (χ0n) is 13.4. The number of rotatable bonds is 4. The molecule has 0 saturated heterocycles. The zero-order chi connectivity index (χ0) is 17.3. The Morgan fingerprint density at radius 1 is 1.25 bits per heavy atom. The minimum atomic E-state index is -0.948. The van der Waals surface area contributed by atoms with Gasteiger partial charge in [-0.3, -0.25) is 9.59 Å². The Labute approximate surface area is 138 Å². The Kier molecular flexibility index (Phi) is 4.16. The molecular weight excluding hydrogens is 310 g/mol. The average molecular weight is 327 g/mol. The number of carbonyl (C=O) groups is 3. The molecule has 0 aliphatic carbocycles. The maximum Gasteiger partial charge on any atom is 0.355 e. The maximum absolute atomic E-state index is 12.7. The molecular formula is C17H17N3O4. The molecule has 0 spiro atoms. The highest BCUT2D eigenvalue weighted by atomic mass is 16.5. The summed E-state index contributed by atoms with van der Waals surface area (Å²) in [7, 11) is 0. The van der Waals surface area contributed by atoms with Crippen molar-refractivity contribution in [1.29, 1.82) is 0 Å². The number of aromatic amines is 1. The van der Waals surface area contributed by atoms with Crippen LogP contribution in [0.1, 0.15) is 35.8 Å². The van der Waals surface area contributed by atoms with Crippen LogP contribution in [0.2, 0.25) is 0 Å². The standard InChI is InChI=1S/C17H17N3O4/c1-9-15(11-5-3-4-6-12(11)18-9)16(22)10(2)24-17(23)13-7-8-14(21)20-19-13/h3-6,10,18H,7-8H2,1-2H3,(H,20,21)/t10-/m0/s1. The number of ether oxygens (including phenoxy) is 1. The van der Waals surface area contributed by atoms with Crippen molar-refractivity contribution < 1.29 is 19.1 Å². The van der Waals surface area contributed by atoms with Gasteiger partial charge in [0.2, 0.25) is 11.7 Å². The molecule has 7 nitrogen and oxygen atoms in total. The molecule has 0 radical (unpaired) electrons. The summed E-state index contributed by atoms with van der Waals surface area (Å²) in [5, 5.41) is 4.47. The van der Waals surface area contributed by atoms with Crippen LogP contribution < -0.4 is 5.43 Å². The molecule has 2 N–H and O–H groups in total. The number of ketones is 1. The molecule has 124 valence electrons. The fourth-order valence-corrected chi connectivity index (χ4v) is 2.70. The number of hydrazone groups is 1. The van der Waals surface area contributed by atoms with Crippen molar-refractivity contribution in [2.75, 3.05) is 0 Å². The molecule has 1 aromatic carbocycles. The fraction of sp³-hybridized carbons (Fsp3) is 0.294. The summed E-state index contributed by atoms with van der Waals surface area (Å²) in [6.45, 7) is 3.34. The summed E-state index contributed by atoms with van der Waals surface area (Å²) >= 11 is 0. The van der Waals surface area contributed by atoms with E-state index in [1.807, 2.05) is 31.2 Å². The lowest BCUT2D eigenvalue weighted by molar-refractivity contribution is -0.138. The number of nitrogens with zero attached hydrogens (tertiary/aromatic N) is 1. The molecule has 7 heteroatoms. The molecule has 0 unspecified atom stereocenters. The molecule has 2 aromatic rings. The molecule has 1 aliphatic rings. The van der Waals surface area contributed by atoms with Crippen LogP contribution >= 0.6 is 0 Å². The Morgan fingerprint density at radius 3 is 2.71 bits per heavy atom. The molecule has 0 saturated carbocycles. The van der Waals surface area contributed by atoms with E-state index >= 15 is 0 Å². The number of amides is 1. The Bertz CT molecular complexity index is 866. The average Bonchev–Trinajstić information content (AvgIpc) is 2.90. The molecule has 3 rings (SSSR count). The second-order valence-corrected chi connectivity index (χ2v) is 5.68. The van der Waals surface area contributed by atoms with Gasteiger partial charge >= 0.3 is 5.97 Å². The van der Waals surface area contributed by atoms with Crippen molar-refractivity contribution in [2.24, 2.45) is 5.10 Å². The van der Waals surface area contributed by atoms with Gasteiger partial charge in [0.1, 0.15) is 5.71 Å². The summed E-state index contributed by atoms with van der Waals surface area (Å²) in [4.78, 5) is 39.0. The van der Waals surface area contributed by atoms with Crippen molar-refractivity contribution >= 4 is 34.3 Å². The Morgan fingerprint density at radius 2 is 2.00 bits per heavy atom. The zero-order valence-corrected chi connectivity index (χ0v) is 13.4. The first-order valence-electron chi connectivity index (χ1n) is 7.65. The van der Waals surface area contributed by atoms with Gasteiger partial charge in [-0.25, -0.2) is 10.2 Å². The molecule has 0 fully saturated rings. The number of hydrogen-bond acceptors (Lipinski definition) is 5. The molecule has 1 amide bonds. The number of aryl methyl sites for hydroxylation is 1. The SMILES string of the molecule is Cc1[nH]c2ccccc2c1C(=O)[C@H](C)OC(=O)C1=NNC(=O)CC1. The number of Topliss-reactive ketones (excluding diaryl/α,β-unsaturated/α-hetero) is 1. The molecule has 2 heterocycles. The van der Waals surface area contributed by atoms with Gasteiger partial charge in [-0.05, 0) is 19.9 Å². The monoisotopic (exact) mass is 327 g/mol. The normalized spacial score (nSPS) is 15.6. The van der Waals surface area contributed by atoms with E-state index in [0.717, 1.165) is 16.6 Å². The van der Waals surface area contributed by atoms with E-state index < -0.39 is 12.1 Å². The number of benzene rings is 1. The van der Waals surface area contributed by atoms with Gasteiger partial charge < -0.3 is 9.72 Å². The molecule has 24 heavy (non-hydrogen) atoms. The lowest BCUT2D eigenvalue weighted by Crippen LogP contribution is -2.34. The van der Waals surface area contributed by atoms with Crippen molar-refractivity contribution in [3.8, 4) is 0 Å². The van der Waals surface area contributed by atoms with Crippen molar-refractivity contribution in [1.82, 2.24) is 10.4 Å². The topological polar surface area (TPSA) is 101 Å². The van der Waals surface area contributed by atoms with Crippen LogP contribution in [0.15, 0.2) is 29.4 Å². The van der Waals surface area contributed by atoms with Gasteiger partial charge in [0.05, 0.1) is 0 Å². The van der Waals surface area contributed by atoms with Crippen LogP contribution in [0.5, 0.6) is 0 Å². The highest BCUT2D eigenvalue weighted by molar-refractivity contribution is 6.37. The quantitative estimate of drug-likeness (QED) is 0.661. The number of para-hydroxylation sites is 1. The number of carbonyl (C=O) groups excluding carboxylic acids is 3. The smallest absolute Gasteiger partial charge is 0.355 e. The lowest BCUT2D eigenvalue weighted by Gasteiger charge is -2.15. The number of hydrogen-bond donors (Lipinski definition) is 2. The van der Waals surface area contributed by atoms with Crippen LogP contribution in [-0.2, 0) is 14.3 Å². The second-order valence-electron chi connectivity index (χ2n) is 5.68. The summed E-state index contributed by atoms with van der Waals surface area (Å²) in [6.07, 6.45) is -0.564. The minimum Gasteiger partial charge on any atom is -0.450 e. The number of esters is 1. The largest absolute Gasteiger partial charge is 0.450 e.